The van der Waals surface area contributed by atoms with Crippen LogP contribution in [-0.4, -0.2) is 22.6 Å². The van der Waals surface area contributed by atoms with Crippen LogP contribution in [0.1, 0.15) is 27.3 Å². The van der Waals surface area contributed by atoms with Crippen LogP contribution in [0.4, 0.5) is 5.69 Å². The minimum atomic E-state index is -0.263. The predicted molar refractivity (Wildman–Crippen MR) is 73.1 cm³/mol. The quantitative estimate of drug-likeness (QED) is 0.761. The molecule has 1 aliphatic heterocycles. The van der Waals surface area contributed by atoms with E-state index in [9.17, 15) is 4.79 Å². The Kier molecular flexibility index (Phi) is 3.19. The summed E-state index contributed by atoms with van der Waals surface area (Å²) in [7, 11) is 0. The van der Waals surface area contributed by atoms with Crippen molar-refractivity contribution >= 4 is 11.6 Å². The van der Waals surface area contributed by atoms with Crippen LogP contribution in [0, 0.1) is 11.3 Å². The average Bonchev–Trinajstić information content (AvgIpc) is 2.91. The molecule has 1 aliphatic rings. The predicted octanol–water partition coefficient (Wildman–Crippen LogP) is 1.18. The number of nitrogens with one attached hydrogen (secondary N) is 3. The topological polar surface area (TPSA) is 93.6 Å². The molecule has 6 heteroatoms. The van der Waals surface area contributed by atoms with Crippen molar-refractivity contribution in [3.05, 3.63) is 46.8 Å². The SMILES string of the molecule is N#Cc1cccc(NC(=O)c2n[nH]c3c2CNCC3)c1. The molecule has 100 valence electrons. The van der Waals surface area contributed by atoms with E-state index in [4.69, 9.17) is 5.26 Å². The van der Waals surface area contributed by atoms with Gasteiger partial charge in [0, 0.05) is 36.5 Å². The molecule has 0 fully saturated rings. The van der Waals surface area contributed by atoms with E-state index in [-0.39, 0.29) is 5.91 Å². The van der Waals surface area contributed by atoms with Gasteiger partial charge in [-0.1, -0.05) is 6.07 Å². The normalized spacial score (nSPS) is 13.3. The van der Waals surface area contributed by atoms with E-state index < -0.39 is 0 Å². The van der Waals surface area contributed by atoms with Crippen molar-refractivity contribution in [3.63, 3.8) is 0 Å². The van der Waals surface area contributed by atoms with E-state index in [0.29, 0.717) is 23.5 Å². The minimum absolute atomic E-state index is 0.263. The lowest BCUT2D eigenvalue weighted by Gasteiger charge is -2.12. The van der Waals surface area contributed by atoms with Gasteiger partial charge in [0.1, 0.15) is 0 Å². The highest BCUT2D eigenvalue weighted by Crippen LogP contribution is 2.17. The number of aromatic amines is 1. The van der Waals surface area contributed by atoms with Gasteiger partial charge in [-0.3, -0.25) is 9.89 Å². The Morgan fingerprint density at radius 1 is 1.45 bits per heavy atom. The number of fused-ring (bicyclic) bond motifs is 1. The third kappa shape index (κ3) is 2.27. The standard InChI is InChI=1S/C14H13N5O/c15-7-9-2-1-3-10(6-9)17-14(20)13-11-8-16-5-4-12(11)18-19-13/h1-3,6,16H,4-5,8H2,(H,17,20)(H,18,19). The number of aromatic nitrogens is 2. The molecule has 0 radical (unpaired) electrons. The van der Waals surface area contributed by atoms with Gasteiger partial charge in [0.25, 0.3) is 5.91 Å². The average molecular weight is 267 g/mol. The van der Waals surface area contributed by atoms with Gasteiger partial charge in [-0.15, -0.1) is 0 Å². The molecule has 1 amide bonds. The molecule has 3 N–H and O–H groups in total. The third-order valence-electron chi connectivity index (χ3n) is 3.27. The number of hydrogen-bond acceptors (Lipinski definition) is 4. The number of nitriles is 1. The van der Waals surface area contributed by atoms with Gasteiger partial charge in [-0.2, -0.15) is 10.4 Å². The lowest BCUT2D eigenvalue weighted by Crippen LogP contribution is -2.25. The Morgan fingerprint density at radius 2 is 2.35 bits per heavy atom. The molecular weight excluding hydrogens is 254 g/mol. The Morgan fingerprint density at radius 3 is 3.20 bits per heavy atom. The number of nitrogens with zero attached hydrogens (tertiary/aromatic N) is 2. The van der Waals surface area contributed by atoms with Gasteiger partial charge < -0.3 is 10.6 Å². The highest BCUT2D eigenvalue weighted by atomic mass is 16.1. The first kappa shape index (κ1) is 12.4. The van der Waals surface area contributed by atoms with E-state index in [1.807, 2.05) is 6.07 Å². The number of anilines is 1. The summed E-state index contributed by atoms with van der Waals surface area (Å²) in [5, 5.41) is 21.8. The Hall–Kier alpha value is -2.65. The highest BCUT2D eigenvalue weighted by molar-refractivity contribution is 6.04. The fraction of sp³-hybridized carbons (Fsp3) is 0.214. The third-order valence-corrected chi connectivity index (χ3v) is 3.27. The molecule has 0 aliphatic carbocycles. The van der Waals surface area contributed by atoms with E-state index >= 15 is 0 Å². The summed E-state index contributed by atoms with van der Waals surface area (Å²) in [5.41, 5.74) is 3.45. The van der Waals surface area contributed by atoms with Crippen molar-refractivity contribution in [2.24, 2.45) is 0 Å². The maximum atomic E-state index is 12.2. The fourth-order valence-corrected chi connectivity index (χ4v) is 2.27. The van der Waals surface area contributed by atoms with Crippen LogP contribution in [0.2, 0.25) is 0 Å². The summed E-state index contributed by atoms with van der Waals surface area (Å²) in [5.74, 6) is -0.263. The van der Waals surface area contributed by atoms with Crippen molar-refractivity contribution in [1.82, 2.24) is 15.5 Å². The lowest BCUT2D eigenvalue weighted by molar-refractivity contribution is 0.102. The van der Waals surface area contributed by atoms with Gasteiger partial charge >= 0.3 is 0 Å². The molecule has 1 aromatic carbocycles. The zero-order chi connectivity index (χ0) is 13.9. The fourth-order valence-electron chi connectivity index (χ4n) is 2.27. The van der Waals surface area contributed by atoms with E-state index in [1.54, 1.807) is 24.3 Å². The summed E-state index contributed by atoms with van der Waals surface area (Å²) in [6.07, 6.45) is 0.847. The molecule has 1 aromatic heterocycles. The molecule has 0 atom stereocenters. The van der Waals surface area contributed by atoms with E-state index in [2.05, 4.69) is 20.8 Å². The maximum Gasteiger partial charge on any atom is 0.276 e. The molecular formula is C14H13N5O. The first-order chi connectivity index (χ1) is 9.78. The summed E-state index contributed by atoms with van der Waals surface area (Å²) in [6.45, 7) is 1.54. The van der Waals surface area contributed by atoms with Crippen LogP contribution in [-0.2, 0) is 13.0 Å². The Labute approximate surface area is 115 Å². The van der Waals surface area contributed by atoms with Crippen LogP contribution >= 0.6 is 0 Å². The molecule has 0 unspecified atom stereocenters. The molecule has 3 rings (SSSR count). The monoisotopic (exact) mass is 267 g/mol. The number of benzene rings is 1. The summed E-state index contributed by atoms with van der Waals surface area (Å²) in [6, 6.07) is 8.84. The van der Waals surface area contributed by atoms with E-state index in [1.165, 1.54) is 0 Å². The molecule has 0 saturated carbocycles. The second-order valence-corrected chi connectivity index (χ2v) is 4.60. The largest absolute Gasteiger partial charge is 0.321 e. The van der Waals surface area contributed by atoms with Crippen LogP contribution < -0.4 is 10.6 Å². The second kappa shape index (κ2) is 5.15. The van der Waals surface area contributed by atoms with Crippen LogP contribution in [0.15, 0.2) is 24.3 Å². The summed E-state index contributed by atoms with van der Waals surface area (Å²) in [4.78, 5) is 12.2. The molecule has 6 nitrogen and oxygen atoms in total. The Bertz CT molecular complexity index is 698. The van der Waals surface area contributed by atoms with Gasteiger partial charge in [-0.05, 0) is 18.2 Å². The number of carbonyl (C=O) groups excluding carboxylic acids is 1. The lowest BCUT2D eigenvalue weighted by atomic mass is 10.1. The summed E-state index contributed by atoms with van der Waals surface area (Å²) >= 11 is 0. The van der Waals surface area contributed by atoms with Crippen molar-refractivity contribution in [3.8, 4) is 6.07 Å². The van der Waals surface area contributed by atoms with Crippen molar-refractivity contribution in [2.45, 2.75) is 13.0 Å². The maximum absolute atomic E-state index is 12.2. The molecule has 20 heavy (non-hydrogen) atoms. The molecule has 2 heterocycles. The van der Waals surface area contributed by atoms with Crippen molar-refractivity contribution < 1.29 is 4.79 Å². The van der Waals surface area contributed by atoms with Crippen LogP contribution in [0.5, 0.6) is 0 Å². The van der Waals surface area contributed by atoms with Gasteiger partial charge in [0.05, 0.1) is 11.6 Å². The smallest absolute Gasteiger partial charge is 0.276 e. The number of rotatable bonds is 2. The molecule has 0 saturated heterocycles. The van der Waals surface area contributed by atoms with Crippen molar-refractivity contribution in [1.29, 1.82) is 5.26 Å². The zero-order valence-electron chi connectivity index (χ0n) is 10.7. The highest BCUT2D eigenvalue weighted by Gasteiger charge is 2.21. The van der Waals surface area contributed by atoms with E-state index in [0.717, 1.165) is 24.2 Å². The summed E-state index contributed by atoms with van der Waals surface area (Å²) < 4.78 is 0. The van der Waals surface area contributed by atoms with Crippen LogP contribution in [0.3, 0.4) is 0 Å². The number of carbonyl (C=O) groups is 1. The molecule has 0 bridgehead atoms. The van der Waals surface area contributed by atoms with Gasteiger partial charge in [-0.25, -0.2) is 0 Å². The molecule has 2 aromatic rings. The van der Waals surface area contributed by atoms with Gasteiger partial charge in [0.15, 0.2) is 5.69 Å². The zero-order valence-corrected chi connectivity index (χ0v) is 10.7. The first-order valence-electron chi connectivity index (χ1n) is 6.36. The number of amides is 1. The molecule has 0 spiro atoms. The van der Waals surface area contributed by atoms with Crippen molar-refractivity contribution in [2.75, 3.05) is 11.9 Å². The number of hydrogen-bond donors (Lipinski definition) is 3. The van der Waals surface area contributed by atoms with Crippen LogP contribution in [0.25, 0.3) is 0 Å². The number of H-pyrrole nitrogens is 1. The Balaban J connectivity index is 1.83. The minimum Gasteiger partial charge on any atom is -0.321 e. The van der Waals surface area contributed by atoms with Gasteiger partial charge in [0.2, 0.25) is 0 Å². The first-order valence-corrected chi connectivity index (χ1v) is 6.36. The second-order valence-electron chi connectivity index (χ2n) is 4.60.